The first-order valence-corrected chi connectivity index (χ1v) is 7.67. The molecule has 0 amide bonds. The van der Waals surface area contributed by atoms with E-state index < -0.39 is 0 Å². The number of aryl methyl sites for hydroxylation is 1. The van der Waals surface area contributed by atoms with Gasteiger partial charge in [0.2, 0.25) is 0 Å². The lowest BCUT2D eigenvalue weighted by Gasteiger charge is -2.20. The van der Waals surface area contributed by atoms with E-state index >= 15 is 0 Å². The van der Waals surface area contributed by atoms with E-state index in [1.165, 1.54) is 26.9 Å². The molecule has 2 heteroatoms. The molecule has 1 heterocycles. The first-order chi connectivity index (χ1) is 9.26. The second-order valence-electron chi connectivity index (χ2n) is 5.11. The van der Waals surface area contributed by atoms with E-state index in [1.54, 1.807) is 0 Å². The van der Waals surface area contributed by atoms with E-state index in [-0.39, 0.29) is 0 Å². The second kappa shape index (κ2) is 5.38. The summed E-state index contributed by atoms with van der Waals surface area (Å²) >= 11 is 3.57. The van der Waals surface area contributed by atoms with Gasteiger partial charge in [-0.3, -0.25) is 0 Å². The van der Waals surface area contributed by atoms with E-state index in [4.69, 9.17) is 0 Å². The Bertz CT molecular complexity index is 574. The van der Waals surface area contributed by atoms with Crippen molar-refractivity contribution in [3.8, 4) is 0 Å². The number of hydrogen-bond acceptors (Lipinski definition) is 1. The van der Waals surface area contributed by atoms with Crippen molar-refractivity contribution in [1.82, 2.24) is 0 Å². The fourth-order valence-corrected chi connectivity index (χ4v) is 3.03. The Balaban J connectivity index is 1.80. The summed E-state index contributed by atoms with van der Waals surface area (Å²) in [5.74, 6) is 0. The van der Waals surface area contributed by atoms with E-state index in [2.05, 4.69) is 70.2 Å². The van der Waals surface area contributed by atoms with Gasteiger partial charge in [-0.05, 0) is 41.7 Å². The lowest BCUT2D eigenvalue weighted by atomic mass is 10.1. The normalized spacial score (nSPS) is 13.7. The smallest absolute Gasteiger partial charge is 0.0429 e. The number of anilines is 1. The molecule has 0 aromatic heterocycles. The summed E-state index contributed by atoms with van der Waals surface area (Å²) in [6.45, 7) is 4.33. The molecule has 0 saturated heterocycles. The molecule has 98 valence electrons. The van der Waals surface area contributed by atoms with Crippen LogP contribution in [0.4, 0.5) is 5.69 Å². The zero-order chi connectivity index (χ0) is 13.2. The monoisotopic (exact) mass is 315 g/mol. The fourth-order valence-electron chi connectivity index (χ4n) is 2.68. The van der Waals surface area contributed by atoms with Crippen molar-refractivity contribution in [2.45, 2.75) is 26.3 Å². The molecule has 0 radical (unpaired) electrons. The van der Waals surface area contributed by atoms with Gasteiger partial charge in [-0.15, -0.1) is 0 Å². The molecule has 0 saturated carbocycles. The Morgan fingerprint density at radius 1 is 1.05 bits per heavy atom. The zero-order valence-corrected chi connectivity index (χ0v) is 12.8. The summed E-state index contributed by atoms with van der Waals surface area (Å²) in [4.78, 5) is 2.47. The van der Waals surface area contributed by atoms with Crippen molar-refractivity contribution in [3.63, 3.8) is 0 Å². The SMILES string of the molecule is CCc1ccc(CN2CCc3ccc(Br)cc32)cc1. The first-order valence-electron chi connectivity index (χ1n) is 6.87. The van der Waals surface area contributed by atoms with Gasteiger partial charge < -0.3 is 4.90 Å². The third-order valence-electron chi connectivity index (χ3n) is 3.84. The number of halogens is 1. The minimum absolute atomic E-state index is 1.01. The Hall–Kier alpha value is -1.28. The molecule has 2 aromatic carbocycles. The highest BCUT2D eigenvalue weighted by molar-refractivity contribution is 9.10. The topological polar surface area (TPSA) is 3.24 Å². The van der Waals surface area contributed by atoms with Gasteiger partial charge in [-0.25, -0.2) is 0 Å². The van der Waals surface area contributed by atoms with Crippen LogP contribution in [0.25, 0.3) is 0 Å². The molecule has 0 atom stereocenters. The van der Waals surface area contributed by atoms with E-state index in [1.807, 2.05) is 0 Å². The zero-order valence-electron chi connectivity index (χ0n) is 11.2. The third-order valence-corrected chi connectivity index (χ3v) is 4.34. The quantitative estimate of drug-likeness (QED) is 0.801. The summed E-state index contributed by atoms with van der Waals surface area (Å²) in [5.41, 5.74) is 5.65. The molecule has 0 unspecified atom stereocenters. The predicted octanol–water partition coefficient (Wildman–Crippen LogP) is 4.57. The van der Waals surface area contributed by atoms with Gasteiger partial charge >= 0.3 is 0 Å². The van der Waals surface area contributed by atoms with Gasteiger partial charge in [0.25, 0.3) is 0 Å². The van der Waals surface area contributed by atoms with Gasteiger partial charge in [0, 0.05) is 23.2 Å². The van der Waals surface area contributed by atoms with Crippen molar-refractivity contribution < 1.29 is 0 Å². The highest BCUT2D eigenvalue weighted by Gasteiger charge is 2.18. The van der Waals surface area contributed by atoms with Crippen LogP contribution in [0.2, 0.25) is 0 Å². The van der Waals surface area contributed by atoms with Gasteiger partial charge in [-0.1, -0.05) is 53.2 Å². The van der Waals surface area contributed by atoms with Gasteiger partial charge in [0.15, 0.2) is 0 Å². The Morgan fingerprint density at radius 3 is 2.53 bits per heavy atom. The van der Waals surface area contributed by atoms with Crippen LogP contribution in [0.1, 0.15) is 23.6 Å². The molecule has 0 fully saturated rings. The molecular formula is C17H18BrN. The summed E-state index contributed by atoms with van der Waals surface area (Å²) in [7, 11) is 0. The van der Waals surface area contributed by atoms with Crippen LogP contribution in [0.3, 0.4) is 0 Å². The highest BCUT2D eigenvalue weighted by Crippen LogP contribution is 2.31. The first kappa shape index (κ1) is 12.7. The lowest BCUT2D eigenvalue weighted by molar-refractivity contribution is 0.835. The van der Waals surface area contributed by atoms with E-state index in [0.29, 0.717) is 0 Å². The fraction of sp³-hybridized carbons (Fsp3) is 0.294. The van der Waals surface area contributed by atoms with Crippen LogP contribution in [0.5, 0.6) is 0 Å². The minimum Gasteiger partial charge on any atom is -0.367 e. The number of benzene rings is 2. The number of nitrogens with zero attached hydrogens (tertiary/aromatic N) is 1. The summed E-state index contributed by atoms with van der Waals surface area (Å²) in [6, 6.07) is 15.6. The largest absolute Gasteiger partial charge is 0.367 e. The van der Waals surface area contributed by atoms with Crippen LogP contribution in [0, 0.1) is 0 Å². The number of rotatable bonds is 3. The summed E-state index contributed by atoms with van der Waals surface area (Å²) < 4.78 is 1.17. The minimum atomic E-state index is 1.01. The lowest BCUT2D eigenvalue weighted by Crippen LogP contribution is -2.19. The molecule has 0 N–H and O–H groups in total. The van der Waals surface area contributed by atoms with Crippen LogP contribution >= 0.6 is 15.9 Å². The highest BCUT2D eigenvalue weighted by atomic mass is 79.9. The predicted molar refractivity (Wildman–Crippen MR) is 84.7 cm³/mol. The summed E-state index contributed by atoms with van der Waals surface area (Å²) in [5, 5.41) is 0. The Kier molecular flexibility index (Phi) is 3.61. The molecule has 0 spiro atoms. The standard InChI is InChI=1S/C17H18BrN/c1-2-13-3-5-14(6-4-13)12-19-10-9-15-7-8-16(18)11-17(15)19/h3-8,11H,2,9-10,12H2,1H3. The van der Waals surface area contributed by atoms with Crippen molar-refractivity contribution in [2.75, 3.05) is 11.4 Å². The Labute approximate surface area is 123 Å². The maximum atomic E-state index is 3.57. The molecule has 2 aromatic rings. The van der Waals surface area contributed by atoms with Crippen molar-refractivity contribution in [2.24, 2.45) is 0 Å². The summed E-state index contributed by atoms with van der Waals surface area (Å²) in [6.07, 6.45) is 2.27. The molecule has 19 heavy (non-hydrogen) atoms. The van der Waals surface area contributed by atoms with Gasteiger partial charge in [0.1, 0.15) is 0 Å². The van der Waals surface area contributed by atoms with Crippen LogP contribution in [0.15, 0.2) is 46.9 Å². The molecule has 0 aliphatic carbocycles. The van der Waals surface area contributed by atoms with E-state index in [0.717, 1.165) is 25.9 Å². The molecular weight excluding hydrogens is 298 g/mol. The van der Waals surface area contributed by atoms with Crippen LogP contribution in [-0.2, 0) is 19.4 Å². The van der Waals surface area contributed by atoms with Crippen molar-refractivity contribution >= 4 is 21.6 Å². The second-order valence-corrected chi connectivity index (χ2v) is 6.03. The van der Waals surface area contributed by atoms with Gasteiger partial charge in [0.05, 0.1) is 0 Å². The van der Waals surface area contributed by atoms with Crippen LogP contribution < -0.4 is 4.90 Å². The molecule has 0 bridgehead atoms. The number of fused-ring (bicyclic) bond motifs is 1. The molecule has 1 nitrogen and oxygen atoms in total. The number of hydrogen-bond donors (Lipinski definition) is 0. The molecule has 1 aliphatic rings. The maximum Gasteiger partial charge on any atom is 0.0429 e. The van der Waals surface area contributed by atoms with Crippen molar-refractivity contribution in [3.05, 3.63) is 63.6 Å². The average molecular weight is 316 g/mol. The van der Waals surface area contributed by atoms with Crippen LogP contribution in [-0.4, -0.2) is 6.54 Å². The van der Waals surface area contributed by atoms with E-state index in [9.17, 15) is 0 Å². The maximum absolute atomic E-state index is 3.57. The van der Waals surface area contributed by atoms with Gasteiger partial charge in [-0.2, -0.15) is 0 Å². The van der Waals surface area contributed by atoms with Crippen molar-refractivity contribution in [1.29, 1.82) is 0 Å². The molecule has 1 aliphatic heterocycles. The molecule has 3 rings (SSSR count). The third kappa shape index (κ3) is 2.69. The Morgan fingerprint density at radius 2 is 1.79 bits per heavy atom. The average Bonchev–Trinajstić information content (AvgIpc) is 2.82.